The molecule has 0 rings (SSSR count). The van der Waals surface area contributed by atoms with Gasteiger partial charge in [0.1, 0.15) is 0 Å². The smallest absolute Gasteiger partial charge is 0.306 e. The fourth-order valence-corrected chi connectivity index (χ4v) is 1.38. The monoisotopic (exact) mass is 232 g/mol. The molecule has 0 aromatic carbocycles. The van der Waals surface area contributed by atoms with Crippen molar-refractivity contribution in [3.8, 4) is 0 Å². The summed E-state index contributed by atoms with van der Waals surface area (Å²) in [6.45, 7) is 5.64. The SMILES string of the molecule is CCOC(=O)CC[C@H]([C@@H](N)C(C)C)[N+](=O)[O-]. The van der Waals surface area contributed by atoms with Crippen LogP contribution in [0.2, 0.25) is 0 Å². The van der Waals surface area contributed by atoms with Gasteiger partial charge in [-0.15, -0.1) is 0 Å². The lowest BCUT2D eigenvalue weighted by molar-refractivity contribution is -0.527. The fraction of sp³-hybridized carbons (Fsp3) is 0.900. The normalized spacial score (nSPS) is 14.6. The van der Waals surface area contributed by atoms with Gasteiger partial charge in [0.2, 0.25) is 6.04 Å². The number of carbonyl (C=O) groups is 1. The van der Waals surface area contributed by atoms with Gasteiger partial charge in [-0.25, -0.2) is 0 Å². The van der Waals surface area contributed by atoms with Crippen LogP contribution in [-0.2, 0) is 9.53 Å². The summed E-state index contributed by atoms with van der Waals surface area (Å²) < 4.78 is 4.71. The molecule has 0 heterocycles. The number of ether oxygens (including phenoxy) is 1. The van der Waals surface area contributed by atoms with Crippen LogP contribution in [0.4, 0.5) is 0 Å². The van der Waals surface area contributed by atoms with Crippen LogP contribution < -0.4 is 5.73 Å². The topological polar surface area (TPSA) is 95.5 Å². The second kappa shape index (κ2) is 7.16. The summed E-state index contributed by atoms with van der Waals surface area (Å²) >= 11 is 0. The summed E-state index contributed by atoms with van der Waals surface area (Å²) in [5.41, 5.74) is 5.73. The Bertz CT molecular complexity index is 243. The highest BCUT2D eigenvalue weighted by molar-refractivity contribution is 5.69. The van der Waals surface area contributed by atoms with Gasteiger partial charge in [0.05, 0.1) is 19.1 Å². The summed E-state index contributed by atoms with van der Waals surface area (Å²) in [6, 6.07) is -1.42. The van der Waals surface area contributed by atoms with Crippen LogP contribution >= 0.6 is 0 Å². The number of esters is 1. The molecule has 6 nitrogen and oxygen atoms in total. The Kier molecular flexibility index (Phi) is 6.64. The first-order valence-electron chi connectivity index (χ1n) is 5.44. The zero-order valence-electron chi connectivity index (χ0n) is 10.0. The molecule has 2 N–H and O–H groups in total. The van der Waals surface area contributed by atoms with Gasteiger partial charge in [0.25, 0.3) is 0 Å². The summed E-state index contributed by atoms with van der Waals surface area (Å²) in [7, 11) is 0. The van der Waals surface area contributed by atoms with Gasteiger partial charge in [-0.3, -0.25) is 14.9 Å². The van der Waals surface area contributed by atoms with Crippen molar-refractivity contribution in [2.24, 2.45) is 11.7 Å². The van der Waals surface area contributed by atoms with Gasteiger partial charge < -0.3 is 10.5 Å². The van der Waals surface area contributed by atoms with Crippen molar-refractivity contribution < 1.29 is 14.5 Å². The van der Waals surface area contributed by atoms with E-state index in [9.17, 15) is 14.9 Å². The standard InChI is InChI=1S/C10H20N2O4/c1-4-16-9(13)6-5-8(12(14)15)10(11)7(2)3/h7-8,10H,4-6,11H2,1-3H3/t8-,10+/m1/s1. The van der Waals surface area contributed by atoms with Gasteiger partial charge in [0.15, 0.2) is 0 Å². The van der Waals surface area contributed by atoms with Crippen LogP contribution in [0.5, 0.6) is 0 Å². The molecule has 0 spiro atoms. The predicted octanol–water partition coefficient (Wildman–Crippen LogP) is 0.958. The first-order chi connectivity index (χ1) is 7.40. The molecular formula is C10H20N2O4. The van der Waals surface area contributed by atoms with Crippen LogP contribution in [0.3, 0.4) is 0 Å². The van der Waals surface area contributed by atoms with Crippen LogP contribution in [0.25, 0.3) is 0 Å². The highest BCUT2D eigenvalue weighted by atomic mass is 16.6. The average molecular weight is 232 g/mol. The van der Waals surface area contributed by atoms with Crippen LogP contribution in [0.1, 0.15) is 33.6 Å². The fourth-order valence-electron chi connectivity index (χ4n) is 1.38. The van der Waals surface area contributed by atoms with E-state index in [-0.39, 0.29) is 25.4 Å². The molecule has 0 saturated carbocycles. The summed E-state index contributed by atoms with van der Waals surface area (Å²) in [6.07, 6.45) is 0.172. The van der Waals surface area contributed by atoms with E-state index in [0.717, 1.165) is 0 Å². The lowest BCUT2D eigenvalue weighted by Gasteiger charge is -2.19. The molecule has 0 amide bonds. The summed E-state index contributed by atoms with van der Waals surface area (Å²) in [5, 5.41) is 10.8. The molecule has 0 aromatic heterocycles. The van der Waals surface area contributed by atoms with E-state index >= 15 is 0 Å². The first-order valence-corrected chi connectivity index (χ1v) is 5.44. The van der Waals surface area contributed by atoms with Crippen LogP contribution in [0, 0.1) is 16.0 Å². The van der Waals surface area contributed by atoms with Crippen LogP contribution in [0.15, 0.2) is 0 Å². The highest BCUT2D eigenvalue weighted by Crippen LogP contribution is 2.12. The lowest BCUT2D eigenvalue weighted by Crippen LogP contribution is -2.44. The van der Waals surface area contributed by atoms with Gasteiger partial charge in [-0.05, 0) is 12.8 Å². The van der Waals surface area contributed by atoms with Gasteiger partial charge >= 0.3 is 5.97 Å². The Morgan fingerprint density at radius 3 is 2.44 bits per heavy atom. The maximum atomic E-state index is 11.1. The number of rotatable bonds is 7. The van der Waals surface area contributed by atoms with Crippen molar-refractivity contribution in [3.63, 3.8) is 0 Å². The first kappa shape index (κ1) is 14.8. The molecule has 2 atom stereocenters. The molecule has 0 saturated heterocycles. The number of nitrogens with two attached hydrogens (primary N) is 1. The third-order valence-corrected chi connectivity index (χ3v) is 2.43. The van der Waals surface area contributed by atoms with E-state index in [0.29, 0.717) is 0 Å². The quantitative estimate of drug-likeness (QED) is 0.400. The lowest BCUT2D eigenvalue weighted by atomic mass is 9.94. The summed E-state index contributed by atoms with van der Waals surface area (Å²) in [5.74, 6) is -0.400. The Hall–Kier alpha value is -1.17. The third-order valence-electron chi connectivity index (χ3n) is 2.43. The second-order valence-electron chi connectivity index (χ2n) is 4.02. The Morgan fingerprint density at radius 2 is 2.06 bits per heavy atom. The van der Waals surface area contributed by atoms with E-state index < -0.39 is 23.0 Å². The molecule has 0 aromatic rings. The third kappa shape index (κ3) is 5.06. The zero-order chi connectivity index (χ0) is 12.7. The van der Waals surface area contributed by atoms with Crippen molar-refractivity contribution in [2.75, 3.05) is 6.61 Å². The average Bonchev–Trinajstić information content (AvgIpc) is 2.17. The number of nitro groups is 1. The molecule has 0 bridgehead atoms. The highest BCUT2D eigenvalue weighted by Gasteiger charge is 2.31. The van der Waals surface area contributed by atoms with Crippen molar-refractivity contribution in [1.29, 1.82) is 0 Å². The minimum Gasteiger partial charge on any atom is -0.466 e. The molecule has 0 unspecified atom stereocenters. The second-order valence-corrected chi connectivity index (χ2v) is 4.02. The van der Waals surface area contributed by atoms with E-state index in [1.807, 2.05) is 13.8 Å². The molecule has 94 valence electrons. The molecule has 6 heteroatoms. The number of nitrogens with zero attached hydrogens (tertiary/aromatic N) is 1. The predicted molar refractivity (Wildman–Crippen MR) is 59.5 cm³/mol. The summed E-state index contributed by atoms with van der Waals surface area (Å²) in [4.78, 5) is 21.5. The molecule has 16 heavy (non-hydrogen) atoms. The molecule has 0 aliphatic heterocycles. The van der Waals surface area contributed by atoms with E-state index in [1.165, 1.54) is 0 Å². The van der Waals surface area contributed by atoms with Gasteiger partial charge in [-0.2, -0.15) is 0 Å². The maximum absolute atomic E-state index is 11.1. The zero-order valence-corrected chi connectivity index (χ0v) is 10.0. The minimum atomic E-state index is -0.885. The van der Waals surface area contributed by atoms with Gasteiger partial charge in [-0.1, -0.05) is 13.8 Å². The van der Waals surface area contributed by atoms with Crippen molar-refractivity contribution in [2.45, 2.75) is 45.7 Å². The largest absolute Gasteiger partial charge is 0.466 e. The number of carbonyl (C=O) groups excluding carboxylic acids is 1. The van der Waals surface area contributed by atoms with E-state index in [2.05, 4.69) is 0 Å². The number of hydrogen-bond acceptors (Lipinski definition) is 5. The maximum Gasteiger partial charge on any atom is 0.306 e. The van der Waals surface area contributed by atoms with Crippen LogP contribution in [-0.4, -0.2) is 29.6 Å². The Labute approximate surface area is 95.3 Å². The van der Waals surface area contributed by atoms with Crippen molar-refractivity contribution in [3.05, 3.63) is 10.1 Å². The van der Waals surface area contributed by atoms with E-state index in [4.69, 9.17) is 10.5 Å². The number of hydrogen-bond donors (Lipinski definition) is 1. The minimum absolute atomic E-state index is 0.0117. The molecule has 0 radical (unpaired) electrons. The van der Waals surface area contributed by atoms with Crippen molar-refractivity contribution >= 4 is 5.97 Å². The molecular weight excluding hydrogens is 212 g/mol. The molecule has 0 aliphatic carbocycles. The Morgan fingerprint density at radius 1 is 1.50 bits per heavy atom. The molecule has 0 aliphatic rings. The van der Waals surface area contributed by atoms with Crippen molar-refractivity contribution in [1.82, 2.24) is 0 Å². The molecule has 0 fully saturated rings. The van der Waals surface area contributed by atoms with Gasteiger partial charge in [0, 0.05) is 11.3 Å². The Balaban J connectivity index is 4.25. The van der Waals surface area contributed by atoms with E-state index in [1.54, 1.807) is 6.92 Å².